The molecule has 1 heteroatoms. The second-order valence-electron chi connectivity index (χ2n) is 1.40. The molecule has 0 aromatic rings. The van der Waals surface area contributed by atoms with E-state index in [1.54, 1.807) is 11.8 Å². The van der Waals surface area contributed by atoms with Crippen molar-refractivity contribution in [1.29, 1.82) is 0 Å². The zero-order chi connectivity index (χ0) is 8.41. The van der Waals surface area contributed by atoms with Crippen molar-refractivity contribution in [1.82, 2.24) is 0 Å². The van der Waals surface area contributed by atoms with Crippen LogP contribution in [0.3, 0.4) is 0 Å². The third-order valence-electron chi connectivity index (χ3n) is 0.851. The molecule has 0 bridgehead atoms. The van der Waals surface area contributed by atoms with Gasteiger partial charge in [0.1, 0.15) is 0 Å². The van der Waals surface area contributed by atoms with Crippen molar-refractivity contribution in [3.8, 4) is 0 Å². The second kappa shape index (κ2) is 11.6. The highest BCUT2D eigenvalue weighted by Gasteiger charge is 1.80. The Morgan fingerprint density at radius 2 is 1.70 bits per heavy atom. The first-order valence-electron chi connectivity index (χ1n) is 3.68. The highest BCUT2D eigenvalue weighted by atomic mass is 32.2. The van der Waals surface area contributed by atoms with Crippen LogP contribution in [0.5, 0.6) is 0 Å². The van der Waals surface area contributed by atoms with Gasteiger partial charge in [0, 0.05) is 4.91 Å². The standard InChI is InChI=1S/C7H12S.C2H6/c1-4-6-7(5-2)8-3;1-2/h4-6H,1-3H3;1-2H3/b6-4-,7-5+;. The van der Waals surface area contributed by atoms with E-state index in [2.05, 4.69) is 18.4 Å². The lowest BCUT2D eigenvalue weighted by Crippen LogP contribution is -1.62. The Morgan fingerprint density at radius 3 is 1.80 bits per heavy atom. The first kappa shape index (κ1) is 12.5. The van der Waals surface area contributed by atoms with Crippen LogP contribution >= 0.6 is 11.8 Å². The molecule has 0 radical (unpaired) electrons. The van der Waals surface area contributed by atoms with Gasteiger partial charge in [0.2, 0.25) is 0 Å². The molecule has 0 amide bonds. The van der Waals surface area contributed by atoms with Gasteiger partial charge in [-0.15, -0.1) is 11.8 Å². The molecular formula is C9H18S. The second-order valence-corrected chi connectivity index (χ2v) is 2.27. The summed E-state index contributed by atoms with van der Waals surface area (Å²) in [6.07, 6.45) is 8.33. The smallest absolute Gasteiger partial charge is 0.00231 e. The fraction of sp³-hybridized carbons (Fsp3) is 0.556. The van der Waals surface area contributed by atoms with Crippen molar-refractivity contribution in [3.05, 3.63) is 23.1 Å². The molecule has 0 saturated carbocycles. The minimum absolute atomic E-state index is 1.33. The lowest BCUT2D eigenvalue weighted by Gasteiger charge is -1.89. The highest BCUT2D eigenvalue weighted by Crippen LogP contribution is 2.11. The van der Waals surface area contributed by atoms with Crippen LogP contribution in [0.25, 0.3) is 0 Å². The van der Waals surface area contributed by atoms with Crippen LogP contribution in [0, 0.1) is 0 Å². The molecule has 0 aliphatic heterocycles. The van der Waals surface area contributed by atoms with Crippen molar-refractivity contribution in [3.63, 3.8) is 0 Å². The molecule has 10 heavy (non-hydrogen) atoms. The average Bonchev–Trinajstić information content (AvgIpc) is 2.04. The lowest BCUT2D eigenvalue weighted by atomic mass is 10.4. The summed E-state index contributed by atoms with van der Waals surface area (Å²) >= 11 is 1.77. The molecule has 0 nitrogen and oxygen atoms in total. The molecule has 0 aliphatic rings. The summed E-state index contributed by atoms with van der Waals surface area (Å²) in [6.45, 7) is 8.07. The van der Waals surface area contributed by atoms with Gasteiger partial charge < -0.3 is 0 Å². The summed E-state index contributed by atoms with van der Waals surface area (Å²) in [7, 11) is 0. The van der Waals surface area contributed by atoms with E-state index in [0.717, 1.165) is 0 Å². The Hall–Kier alpha value is -0.170. The molecule has 0 N–H and O–H groups in total. The number of allylic oxidation sites excluding steroid dienone is 3. The maximum absolute atomic E-state index is 2.10. The van der Waals surface area contributed by atoms with Crippen molar-refractivity contribution in [2.24, 2.45) is 0 Å². The zero-order valence-electron chi connectivity index (χ0n) is 7.64. The van der Waals surface area contributed by atoms with Crippen molar-refractivity contribution in [2.75, 3.05) is 6.26 Å². The van der Waals surface area contributed by atoms with Crippen LogP contribution < -0.4 is 0 Å². The van der Waals surface area contributed by atoms with E-state index in [0.29, 0.717) is 0 Å². The quantitative estimate of drug-likeness (QED) is 0.550. The van der Waals surface area contributed by atoms with E-state index in [1.165, 1.54) is 4.91 Å². The van der Waals surface area contributed by atoms with Gasteiger partial charge in [0.15, 0.2) is 0 Å². The molecular weight excluding hydrogens is 140 g/mol. The van der Waals surface area contributed by atoms with Crippen LogP contribution in [0.15, 0.2) is 23.1 Å². The molecule has 0 aromatic heterocycles. The van der Waals surface area contributed by atoms with Crippen LogP contribution in [0.1, 0.15) is 27.7 Å². The van der Waals surface area contributed by atoms with Gasteiger partial charge >= 0.3 is 0 Å². The molecule has 0 aliphatic carbocycles. The summed E-state index contributed by atoms with van der Waals surface area (Å²) < 4.78 is 0. The normalized spacial score (nSPS) is 11.1. The lowest BCUT2D eigenvalue weighted by molar-refractivity contribution is 1.50. The number of thioether (sulfide) groups is 1. The van der Waals surface area contributed by atoms with E-state index in [1.807, 2.05) is 33.8 Å². The Morgan fingerprint density at radius 1 is 1.20 bits per heavy atom. The fourth-order valence-corrected chi connectivity index (χ4v) is 0.954. The first-order chi connectivity index (χ1) is 4.85. The SMILES string of the molecule is C/C=C\C(=C/C)SC.CC. The Kier molecular flexibility index (Phi) is 14.5. The monoisotopic (exact) mass is 158 g/mol. The van der Waals surface area contributed by atoms with E-state index in [9.17, 15) is 0 Å². The van der Waals surface area contributed by atoms with Crippen LogP contribution in [0.4, 0.5) is 0 Å². The summed E-state index contributed by atoms with van der Waals surface area (Å²) in [5.41, 5.74) is 0. The summed E-state index contributed by atoms with van der Waals surface area (Å²) in [5.74, 6) is 0. The third kappa shape index (κ3) is 7.83. The molecule has 0 aromatic carbocycles. The van der Waals surface area contributed by atoms with Crippen LogP contribution in [0.2, 0.25) is 0 Å². The van der Waals surface area contributed by atoms with Gasteiger partial charge in [-0.1, -0.05) is 32.1 Å². The van der Waals surface area contributed by atoms with Crippen molar-refractivity contribution >= 4 is 11.8 Å². The van der Waals surface area contributed by atoms with Gasteiger partial charge in [-0.3, -0.25) is 0 Å². The van der Waals surface area contributed by atoms with Crippen molar-refractivity contribution < 1.29 is 0 Å². The third-order valence-corrected chi connectivity index (χ3v) is 1.69. The van der Waals surface area contributed by atoms with Gasteiger partial charge in [0.25, 0.3) is 0 Å². The minimum atomic E-state index is 1.33. The first-order valence-corrected chi connectivity index (χ1v) is 4.90. The molecule has 0 rings (SSSR count). The van der Waals surface area contributed by atoms with E-state index in [4.69, 9.17) is 0 Å². The van der Waals surface area contributed by atoms with E-state index < -0.39 is 0 Å². The number of hydrogen-bond acceptors (Lipinski definition) is 1. The summed E-state index contributed by atoms with van der Waals surface area (Å²) in [4.78, 5) is 1.33. The topological polar surface area (TPSA) is 0 Å². The molecule has 0 fully saturated rings. The van der Waals surface area contributed by atoms with E-state index in [-0.39, 0.29) is 0 Å². The Balaban J connectivity index is 0. The Bertz CT molecular complexity index is 98.5. The molecule has 0 saturated heterocycles. The number of rotatable bonds is 2. The molecule has 0 spiro atoms. The predicted octanol–water partition coefficient (Wildman–Crippen LogP) is 3.86. The van der Waals surface area contributed by atoms with Crippen LogP contribution in [-0.2, 0) is 0 Å². The molecule has 60 valence electrons. The fourth-order valence-electron chi connectivity index (χ4n) is 0.446. The van der Waals surface area contributed by atoms with Gasteiger partial charge in [0.05, 0.1) is 0 Å². The Labute approximate surface area is 69.4 Å². The number of hydrogen-bond donors (Lipinski definition) is 0. The molecule has 0 heterocycles. The summed E-state index contributed by atoms with van der Waals surface area (Å²) in [5, 5.41) is 0. The van der Waals surface area contributed by atoms with E-state index >= 15 is 0 Å². The maximum Gasteiger partial charge on any atom is 0.00231 e. The van der Waals surface area contributed by atoms with Gasteiger partial charge in [-0.2, -0.15) is 0 Å². The highest BCUT2D eigenvalue weighted by molar-refractivity contribution is 8.02. The molecule has 0 unspecified atom stereocenters. The zero-order valence-corrected chi connectivity index (χ0v) is 8.46. The average molecular weight is 158 g/mol. The maximum atomic E-state index is 2.10. The van der Waals surface area contributed by atoms with Gasteiger partial charge in [-0.05, 0) is 20.1 Å². The largest absolute Gasteiger partial charge is 0.130 e. The van der Waals surface area contributed by atoms with Gasteiger partial charge in [-0.25, -0.2) is 0 Å². The minimum Gasteiger partial charge on any atom is -0.130 e. The van der Waals surface area contributed by atoms with Crippen molar-refractivity contribution in [2.45, 2.75) is 27.7 Å². The molecule has 0 atom stereocenters. The van der Waals surface area contributed by atoms with Crippen LogP contribution in [-0.4, -0.2) is 6.26 Å². The predicted molar refractivity (Wildman–Crippen MR) is 53.4 cm³/mol. The summed E-state index contributed by atoms with van der Waals surface area (Å²) in [6, 6.07) is 0.